The number of hydrogen-bond acceptors (Lipinski definition) is 3. The van der Waals surface area contributed by atoms with Crippen LogP contribution in [0.5, 0.6) is 5.75 Å². The zero-order valence-corrected chi connectivity index (χ0v) is 12.5. The molecule has 4 nitrogen and oxygen atoms in total. The number of nitrogens with zero attached hydrogens (tertiary/aromatic N) is 1. The molecule has 0 saturated heterocycles. The van der Waals surface area contributed by atoms with E-state index in [2.05, 4.69) is 10.5 Å². The number of ether oxygens (including phenoxy) is 1. The van der Waals surface area contributed by atoms with Crippen LogP contribution in [0, 0.1) is 5.92 Å². The number of fused-ring (bicyclic) bond motifs is 1. The van der Waals surface area contributed by atoms with Crippen LogP contribution in [-0.2, 0) is 4.79 Å². The van der Waals surface area contributed by atoms with Crippen molar-refractivity contribution in [1.29, 1.82) is 0 Å². The number of carbonyl (C=O) groups is 1. The fraction of sp³-hybridized carbons (Fsp3) is 0.294. The lowest BCUT2D eigenvalue weighted by molar-refractivity contribution is -0.127. The Morgan fingerprint density at radius 1 is 1.14 bits per heavy atom. The second-order valence-corrected chi connectivity index (χ2v) is 5.27. The normalized spacial score (nSPS) is 12.8. The molecule has 0 aromatic heterocycles. The third-order valence-electron chi connectivity index (χ3n) is 2.95. The number of hydrogen-bond donors (Lipinski definition) is 1. The molecule has 0 spiro atoms. The summed E-state index contributed by atoms with van der Waals surface area (Å²) in [7, 11) is 0. The molecule has 1 unspecified atom stereocenters. The first-order chi connectivity index (χ1) is 10.1. The van der Waals surface area contributed by atoms with Crippen LogP contribution >= 0.6 is 0 Å². The van der Waals surface area contributed by atoms with Gasteiger partial charge in [0, 0.05) is 6.21 Å². The molecule has 21 heavy (non-hydrogen) atoms. The Morgan fingerprint density at radius 2 is 1.86 bits per heavy atom. The van der Waals surface area contributed by atoms with Crippen LogP contribution in [0.15, 0.2) is 47.6 Å². The van der Waals surface area contributed by atoms with Crippen LogP contribution in [0.3, 0.4) is 0 Å². The standard InChI is InChI=1S/C17H20N2O2/c1-12(2)11-18-19-17(20)13(3)21-16-9-8-14-6-4-5-7-15(14)10-16/h4-13H,1-3H3,(H,19,20). The molecule has 2 aromatic rings. The third-order valence-corrected chi connectivity index (χ3v) is 2.95. The summed E-state index contributed by atoms with van der Waals surface area (Å²) in [6, 6.07) is 13.8. The summed E-state index contributed by atoms with van der Waals surface area (Å²) in [5.41, 5.74) is 2.48. The molecular weight excluding hydrogens is 264 g/mol. The number of rotatable bonds is 5. The highest BCUT2D eigenvalue weighted by molar-refractivity contribution is 5.84. The molecule has 0 aliphatic carbocycles. The summed E-state index contributed by atoms with van der Waals surface area (Å²) in [6.45, 7) is 5.69. The third kappa shape index (κ3) is 4.31. The number of nitrogens with one attached hydrogen (secondary N) is 1. The maximum absolute atomic E-state index is 11.8. The number of hydrazone groups is 1. The lowest BCUT2D eigenvalue weighted by atomic mass is 10.1. The zero-order chi connectivity index (χ0) is 15.2. The first-order valence-electron chi connectivity index (χ1n) is 7.05. The van der Waals surface area contributed by atoms with Crippen molar-refractivity contribution in [2.45, 2.75) is 26.9 Å². The Kier molecular flexibility index (Phi) is 4.93. The molecule has 4 heteroatoms. The Labute approximate surface area is 124 Å². The maximum Gasteiger partial charge on any atom is 0.280 e. The van der Waals surface area contributed by atoms with Gasteiger partial charge in [-0.05, 0) is 35.7 Å². The highest BCUT2D eigenvalue weighted by Gasteiger charge is 2.14. The molecule has 0 aliphatic rings. The number of carbonyl (C=O) groups excluding carboxylic acids is 1. The summed E-state index contributed by atoms with van der Waals surface area (Å²) in [5, 5.41) is 6.10. The van der Waals surface area contributed by atoms with Crippen LogP contribution < -0.4 is 10.2 Å². The van der Waals surface area contributed by atoms with E-state index in [9.17, 15) is 4.79 Å². The quantitative estimate of drug-likeness (QED) is 0.676. The molecule has 1 N–H and O–H groups in total. The van der Waals surface area contributed by atoms with Gasteiger partial charge in [-0.25, -0.2) is 5.43 Å². The van der Waals surface area contributed by atoms with Gasteiger partial charge in [0.05, 0.1) is 0 Å². The van der Waals surface area contributed by atoms with Crippen molar-refractivity contribution in [3.8, 4) is 5.75 Å². The summed E-state index contributed by atoms with van der Waals surface area (Å²) in [6.07, 6.45) is 1.08. The Balaban J connectivity index is 2.00. The fourth-order valence-electron chi connectivity index (χ4n) is 1.84. The van der Waals surface area contributed by atoms with E-state index >= 15 is 0 Å². The molecule has 0 radical (unpaired) electrons. The molecule has 0 saturated carbocycles. The largest absolute Gasteiger partial charge is 0.481 e. The molecular formula is C17H20N2O2. The van der Waals surface area contributed by atoms with Gasteiger partial charge in [-0.2, -0.15) is 5.10 Å². The van der Waals surface area contributed by atoms with Crippen molar-refractivity contribution in [3.05, 3.63) is 42.5 Å². The van der Waals surface area contributed by atoms with E-state index < -0.39 is 6.10 Å². The monoisotopic (exact) mass is 284 g/mol. The number of benzene rings is 2. The average Bonchev–Trinajstić information content (AvgIpc) is 2.46. The molecule has 1 atom stereocenters. The highest BCUT2D eigenvalue weighted by Crippen LogP contribution is 2.21. The topological polar surface area (TPSA) is 50.7 Å². The van der Waals surface area contributed by atoms with Crippen LogP contribution in [-0.4, -0.2) is 18.2 Å². The van der Waals surface area contributed by atoms with E-state index in [1.165, 1.54) is 0 Å². The van der Waals surface area contributed by atoms with Crippen molar-refractivity contribution in [3.63, 3.8) is 0 Å². The van der Waals surface area contributed by atoms with Gasteiger partial charge in [0.15, 0.2) is 6.10 Å². The van der Waals surface area contributed by atoms with Crippen molar-refractivity contribution >= 4 is 22.9 Å². The molecule has 0 bridgehead atoms. The van der Waals surface area contributed by atoms with Crippen LogP contribution in [0.2, 0.25) is 0 Å². The second-order valence-electron chi connectivity index (χ2n) is 5.27. The van der Waals surface area contributed by atoms with E-state index in [0.29, 0.717) is 11.7 Å². The van der Waals surface area contributed by atoms with Gasteiger partial charge in [0.25, 0.3) is 5.91 Å². The minimum absolute atomic E-state index is 0.264. The molecule has 1 amide bonds. The van der Waals surface area contributed by atoms with Crippen molar-refractivity contribution in [2.75, 3.05) is 0 Å². The summed E-state index contributed by atoms with van der Waals surface area (Å²) >= 11 is 0. The zero-order valence-electron chi connectivity index (χ0n) is 12.5. The van der Waals surface area contributed by atoms with Gasteiger partial charge in [0.2, 0.25) is 0 Å². The second kappa shape index (κ2) is 6.88. The SMILES string of the molecule is CC(C)C=NNC(=O)C(C)Oc1ccc2ccccc2c1. The first kappa shape index (κ1) is 15.0. The molecule has 0 aliphatic heterocycles. The minimum Gasteiger partial charge on any atom is -0.481 e. The summed E-state index contributed by atoms with van der Waals surface area (Å²) < 4.78 is 5.66. The average molecular weight is 284 g/mol. The molecule has 0 fully saturated rings. The van der Waals surface area contributed by atoms with Crippen LogP contribution in [0.1, 0.15) is 20.8 Å². The lowest BCUT2D eigenvalue weighted by Crippen LogP contribution is -2.33. The van der Waals surface area contributed by atoms with Crippen molar-refractivity contribution < 1.29 is 9.53 Å². The van der Waals surface area contributed by atoms with Crippen LogP contribution in [0.25, 0.3) is 10.8 Å². The molecule has 110 valence electrons. The summed E-state index contributed by atoms with van der Waals surface area (Å²) in [4.78, 5) is 11.8. The Morgan fingerprint density at radius 3 is 2.57 bits per heavy atom. The van der Waals surface area contributed by atoms with Crippen LogP contribution in [0.4, 0.5) is 0 Å². The number of amides is 1. The lowest BCUT2D eigenvalue weighted by Gasteiger charge is -2.13. The van der Waals surface area contributed by atoms with Crippen molar-refractivity contribution in [1.82, 2.24) is 5.43 Å². The van der Waals surface area contributed by atoms with Crippen molar-refractivity contribution in [2.24, 2.45) is 11.0 Å². The Bertz CT molecular complexity index is 650. The highest BCUT2D eigenvalue weighted by atomic mass is 16.5. The van der Waals surface area contributed by atoms with E-state index in [1.807, 2.05) is 56.3 Å². The maximum atomic E-state index is 11.8. The van der Waals surface area contributed by atoms with Gasteiger partial charge < -0.3 is 4.74 Å². The predicted molar refractivity (Wildman–Crippen MR) is 85.5 cm³/mol. The first-order valence-corrected chi connectivity index (χ1v) is 7.05. The molecule has 0 heterocycles. The van der Waals surface area contributed by atoms with E-state index in [0.717, 1.165) is 10.8 Å². The fourth-order valence-corrected chi connectivity index (χ4v) is 1.84. The van der Waals surface area contributed by atoms with Gasteiger partial charge in [-0.1, -0.05) is 44.2 Å². The van der Waals surface area contributed by atoms with E-state index in [4.69, 9.17) is 4.74 Å². The van der Waals surface area contributed by atoms with Gasteiger partial charge >= 0.3 is 0 Å². The van der Waals surface area contributed by atoms with E-state index in [-0.39, 0.29) is 5.91 Å². The van der Waals surface area contributed by atoms with Gasteiger partial charge in [-0.3, -0.25) is 4.79 Å². The van der Waals surface area contributed by atoms with E-state index in [1.54, 1.807) is 13.1 Å². The Hall–Kier alpha value is -2.36. The molecule has 2 aromatic carbocycles. The molecule has 2 rings (SSSR count). The smallest absolute Gasteiger partial charge is 0.280 e. The van der Waals surface area contributed by atoms with Gasteiger partial charge in [-0.15, -0.1) is 0 Å². The van der Waals surface area contributed by atoms with Gasteiger partial charge in [0.1, 0.15) is 5.75 Å². The summed E-state index contributed by atoms with van der Waals surface area (Å²) in [5.74, 6) is 0.700. The minimum atomic E-state index is -0.601. The predicted octanol–water partition coefficient (Wildman–Crippen LogP) is 3.37.